The van der Waals surface area contributed by atoms with E-state index in [1.165, 1.54) is 23.6 Å². The number of aliphatic hydroxyl groups excluding tert-OH is 1. The molecule has 0 unspecified atom stereocenters. The highest BCUT2D eigenvalue weighted by molar-refractivity contribution is 6.89. The van der Waals surface area contributed by atoms with Gasteiger partial charge in [-0.05, 0) is 38.2 Å². The third-order valence-corrected chi connectivity index (χ3v) is 11.4. The molecule has 0 spiro atoms. The van der Waals surface area contributed by atoms with E-state index in [4.69, 9.17) is 4.43 Å². The zero-order valence-electron chi connectivity index (χ0n) is 18.2. The van der Waals surface area contributed by atoms with Gasteiger partial charge in [-0.1, -0.05) is 107 Å². The summed E-state index contributed by atoms with van der Waals surface area (Å²) in [4.78, 5) is 0. The Labute approximate surface area is 176 Å². The number of hydrogen-bond donors (Lipinski definition) is 1. The van der Waals surface area contributed by atoms with Gasteiger partial charge in [0.2, 0.25) is 8.32 Å². The average Bonchev–Trinajstić information content (AvgIpc) is 2.73. The predicted octanol–water partition coefficient (Wildman–Crippen LogP) is 6.30. The summed E-state index contributed by atoms with van der Waals surface area (Å²) in [5, 5.41) is 13.6. The van der Waals surface area contributed by atoms with E-state index in [2.05, 4.69) is 82.3 Å². The molecular weight excluding hydrogens is 372 g/mol. The van der Waals surface area contributed by atoms with Gasteiger partial charge in [-0.3, -0.25) is 0 Å². The number of unbranched alkanes of at least 4 members (excludes halogenated alkanes) is 1. The van der Waals surface area contributed by atoms with Crippen LogP contribution < -0.4 is 5.19 Å². The Morgan fingerprint density at radius 3 is 2.10 bits per heavy atom. The van der Waals surface area contributed by atoms with Gasteiger partial charge in [-0.15, -0.1) is 0 Å². The molecule has 0 aromatic heterocycles. The number of aliphatic hydroxyl groups is 1. The molecule has 3 heteroatoms. The Balaban J connectivity index is 2.05. The summed E-state index contributed by atoms with van der Waals surface area (Å²) in [6.07, 6.45) is 2.35. The van der Waals surface area contributed by atoms with Gasteiger partial charge in [0, 0.05) is 0 Å². The van der Waals surface area contributed by atoms with E-state index in [9.17, 15) is 5.11 Å². The number of hydrogen-bond acceptors (Lipinski definition) is 2. The summed E-state index contributed by atoms with van der Waals surface area (Å²) in [5.41, 5.74) is 2.14. The van der Waals surface area contributed by atoms with E-state index in [-0.39, 0.29) is 11.6 Å². The minimum absolute atomic E-state index is 0.0463. The van der Waals surface area contributed by atoms with Gasteiger partial charge in [0.25, 0.3) is 0 Å². The fourth-order valence-corrected chi connectivity index (χ4v) is 9.05. The molecule has 3 rings (SSSR count). The van der Waals surface area contributed by atoms with Gasteiger partial charge < -0.3 is 9.53 Å². The van der Waals surface area contributed by atoms with Crippen molar-refractivity contribution in [3.8, 4) is 0 Å². The first-order valence-corrected chi connectivity index (χ1v) is 12.8. The van der Waals surface area contributed by atoms with Crippen LogP contribution in [0.5, 0.6) is 0 Å². The standard InChI is InChI=1S/C26H34O2Si/c1-5-6-18-29(26(2,3)4,24-16-8-7-9-17-24)28-20-23-15-11-13-21-12-10-14-22(19-27)25(21)23/h7-17,27H,5-6,18-20H2,1-4H3/t29-/m0/s1. The van der Waals surface area contributed by atoms with Gasteiger partial charge in [-0.25, -0.2) is 0 Å². The molecule has 1 N–H and O–H groups in total. The molecule has 0 aliphatic rings. The van der Waals surface area contributed by atoms with Crippen molar-refractivity contribution in [2.24, 2.45) is 0 Å². The number of rotatable bonds is 8. The largest absolute Gasteiger partial charge is 0.408 e. The highest BCUT2D eigenvalue weighted by Gasteiger charge is 2.47. The Bertz CT molecular complexity index is 925. The quantitative estimate of drug-likeness (QED) is 0.445. The Kier molecular flexibility index (Phi) is 6.94. The van der Waals surface area contributed by atoms with Crippen molar-refractivity contribution in [1.82, 2.24) is 0 Å². The van der Waals surface area contributed by atoms with Crippen LogP contribution in [-0.2, 0) is 17.6 Å². The lowest BCUT2D eigenvalue weighted by Gasteiger charge is -2.43. The highest BCUT2D eigenvalue weighted by Crippen LogP contribution is 2.41. The van der Waals surface area contributed by atoms with Crippen molar-refractivity contribution in [2.45, 2.75) is 64.8 Å². The second-order valence-electron chi connectivity index (χ2n) is 8.93. The summed E-state index contributed by atoms with van der Waals surface area (Å²) in [6, 6.07) is 24.5. The number of benzene rings is 3. The predicted molar refractivity (Wildman–Crippen MR) is 126 cm³/mol. The molecule has 0 heterocycles. The molecule has 3 aromatic rings. The second kappa shape index (κ2) is 9.25. The van der Waals surface area contributed by atoms with Crippen molar-refractivity contribution >= 4 is 24.3 Å². The molecule has 0 aliphatic carbocycles. The van der Waals surface area contributed by atoms with Crippen LogP contribution in [0.1, 0.15) is 51.7 Å². The van der Waals surface area contributed by atoms with Crippen molar-refractivity contribution in [3.05, 3.63) is 77.9 Å². The maximum absolute atomic E-state index is 9.88. The molecule has 29 heavy (non-hydrogen) atoms. The van der Waals surface area contributed by atoms with Gasteiger partial charge >= 0.3 is 0 Å². The van der Waals surface area contributed by atoms with Gasteiger partial charge in [0.1, 0.15) is 0 Å². The maximum atomic E-state index is 9.88. The van der Waals surface area contributed by atoms with Crippen molar-refractivity contribution in [2.75, 3.05) is 0 Å². The van der Waals surface area contributed by atoms with E-state index >= 15 is 0 Å². The summed E-state index contributed by atoms with van der Waals surface area (Å²) in [6.45, 7) is 9.89. The maximum Gasteiger partial charge on any atom is 0.229 e. The van der Waals surface area contributed by atoms with Gasteiger partial charge in [0.05, 0.1) is 13.2 Å². The van der Waals surface area contributed by atoms with Crippen molar-refractivity contribution in [3.63, 3.8) is 0 Å². The molecule has 0 bridgehead atoms. The second-order valence-corrected chi connectivity index (χ2v) is 13.4. The molecule has 0 aliphatic heterocycles. The van der Waals surface area contributed by atoms with Crippen LogP contribution in [0.3, 0.4) is 0 Å². The van der Waals surface area contributed by atoms with Crippen LogP contribution in [-0.4, -0.2) is 13.4 Å². The average molecular weight is 407 g/mol. The summed E-state index contributed by atoms with van der Waals surface area (Å²) >= 11 is 0. The van der Waals surface area contributed by atoms with E-state index in [0.717, 1.165) is 22.4 Å². The fourth-order valence-electron chi connectivity index (χ4n) is 4.41. The lowest BCUT2D eigenvalue weighted by molar-refractivity contribution is 0.274. The molecule has 0 saturated heterocycles. The SMILES string of the molecule is CCCC[Si@](OCc1cccc2cccc(CO)c12)(c1ccccc1)C(C)(C)C. The normalized spacial score (nSPS) is 14.1. The first-order valence-electron chi connectivity index (χ1n) is 10.7. The summed E-state index contributed by atoms with van der Waals surface area (Å²) in [7, 11) is -2.25. The lowest BCUT2D eigenvalue weighted by atomic mass is 10.00. The van der Waals surface area contributed by atoms with Crippen LogP contribution in [0, 0.1) is 0 Å². The fraction of sp³-hybridized carbons (Fsp3) is 0.385. The molecular formula is C26H34O2Si. The topological polar surface area (TPSA) is 29.5 Å². The lowest BCUT2D eigenvalue weighted by Crippen LogP contribution is -2.57. The molecule has 2 nitrogen and oxygen atoms in total. The smallest absolute Gasteiger partial charge is 0.229 e. The number of fused-ring (bicyclic) bond motifs is 1. The molecule has 3 aromatic carbocycles. The molecule has 0 amide bonds. The summed E-state index contributed by atoms with van der Waals surface area (Å²) in [5.74, 6) is 0. The third-order valence-electron chi connectivity index (χ3n) is 6.06. The highest BCUT2D eigenvalue weighted by atomic mass is 28.4. The monoisotopic (exact) mass is 406 g/mol. The van der Waals surface area contributed by atoms with Crippen LogP contribution in [0.2, 0.25) is 11.1 Å². The van der Waals surface area contributed by atoms with Crippen LogP contribution in [0.15, 0.2) is 66.7 Å². The van der Waals surface area contributed by atoms with Crippen LogP contribution in [0.25, 0.3) is 10.8 Å². The van der Waals surface area contributed by atoms with Crippen LogP contribution in [0.4, 0.5) is 0 Å². The van der Waals surface area contributed by atoms with Crippen LogP contribution >= 0.6 is 0 Å². The zero-order valence-corrected chi connectivity index (χ0v) is 19.2. The molecule has 0 fully saturated rings. The Morgan fingerprint density at radius 1 is 0.862 bits per heavy atom. The van der Waals surface area contributed by atoms with E-state index in [1.807, 2.05) is 12.1 Å². The first kappa shape index (κ1) is 21.8. The van der Waals surface area contributed by atoms with E-state index in [1.54, 1.807) is 0 Å². The van der Waals surface area contributed by atoms with E-state index in [0.29, 0.717) is 6.61 Å². The van der Waals surface area contributed by atoms with Crippen molar-refractivity contribution in [1.29, 1.82) is 0 Å². The minimum Gasteiger partial charge on any atom is -0.408 e. The zero-order chi connectivity index (χ0) is 20.9. The Hall–Kier alpha value is -1.94. The van der Waals surface area contributed by atoms with Gasteiger partial charge in [-0.2, -0.15) is 0 Å². The molecule has 0 radical (unpaired) electrons. The third kappa shape index (κ3) is 4.47. The first-order chi connectivity index (χ1) is 13.9. The summed E-state index contributed by atoms with van der Waals surface area (Å²) < 4.78 is 7.03. The minimum atomic E-state index is -2.25. The van der Waals surface area contributed by atoms with Crippen molar-refractivity contribution < 1.29 is 9.53 Å². The molecule has 1 atom stereocenters. The Morgan fingerprint density at radius 2 is 1.52 bits per heavy atom. The van der Waals surface area contributed by atoms with E-state index < -0.39 is 8.32 Å². The van der Waals surface area contributed by atoms with Gasteiger partial charge in [0.15, 0.2) is 0 Å². The molecule has 154 valence electrons. The molecule has 0 saturated carbocycles.